The molecule has 1 unspecified atom stereocenters. The maximum Gasteiger partial charge on any atom is 0.306 e. The average molecular weight is 526 g/mol. The molecule has 0 amide bonds. The van der Waals surface area contributed by atoms with Crippen LogP contribution in [0.3, 0.4) is 0 Å². The van der Waals surface area contributed by atoms with Crippen LogP contribution in [0.4, 0.5) is 0 Å². The van der Waals surface area contributed by atoms with Gasteiger partial charge in [0.25, 0.3) is 10.0 Å². The van der Waals surface area contributed by atoms with Gasteiger partial charge in [-0.05, 0) is 74.1 Å². The van der Waals surface area contributed by atoms with Gasteiger partial charge in [-0.25, -0.2) is 8.42 Å². The fraction of sp³-hybridized carbons (Fsp3) is 0.379. The number of carbonyl (C=O) groups excluding carboxylic acids is 1. The molecule has 0 saturated heterocycles. The topological polar surface area (TPSA) is 110 Å². The van der Waals surface area contributed by atoms with E-state index in [0.717, 1.165) is 43.4 Å². The first-order valence-electron chi connectivity index (χ1n) is 12.6. The lowest BCUT2D eigenvalue weighted by Crippen LogP contribution is -2.25. The molecule has 0 fully saturated rings. The van der Waals surface area contributed by atoms with Crippen LogP contribution in [-0.2, 0) is 26.0 Å². The summed E-state index contributed by atoms with van der Waals surface area (Å²) in [6.45, 7) is 1.87. The zero-order valence-electron chi connectivity index (χ0n) is 21.4. The fourth-order valence-electron chi connectivity index (χ4n) is 4.28. The van der Waals surface area contributed by atoms with Crippen molar-refractivity contribution in [3.05, 3.63) is 83.1 Å². The highest BCUT2D eigenvalue weighted by atomic mass is 32.2. The van der Waals surface area contributed by atoms with Crippen LogP contribution in [0.25, 0.3) is 0 Å². The van der Waals surface area contributed by atoms with Gasteiger partial charge in [-0.2, -0.15) is 0 Å². The summed E-state index contributed by atoms with van der Waals surface area (Å²) in [5.74, 6) is -0.974. The third kappa shape index (κ3) is 8.60. The summed E-state index contributed by atoms with van der Waals surface area (Å²) < 4.78 is 33.1. The van der Waals surface area contributed by atoms with E-state index in [9.17, 15) is 23.1 Å². The highest BCUT2D eigenvalue weighted by Gasteiger charge is 2.25. The Balaban J connectivity index is 1.50. The van der Waals surface area contributed by atoms with Crippen molar-refractivity contribution in [1.29, 1.82) is 0 Å². The Labute approximate surface area is 219 Å². The molecule has 2 aromatic rings. The maximum atomic E-state index is 12.7. The van der Waals surface area contributed by atoms with Gasteiger partial charge in [0, 0.05) is 12.1 Å². The van der Waals surface area contributed by atoms with Gasteiger partial charge >= 0.3 is 5.97 Å². The SMILES string of the molecule is COc1ccc(CCCCCCC(CC2=CC(NS(=O)(=O)c3ccc(C)cc3)=CCC2=O)C(=O)O)cc1. The number of allylic oxidation sites excluding steroid dienone is 3. The molecule has 0 bridgehead atoms. The first-order chi connectivity index (χ1) is 17.7. The number of methoxy groups -OCH3 is 1. The smallest absolute Gasteiger partial charge is 0.306 e. The second-order valence-corrected chi connectivity index (χ2v) is 11.1. The molecule has 0 saturated carbocycles. The molecule has 0 aromatic heterocycles. The first-order valence-corrected chi connectivity index (χ1v) is 14.1. The van der Waals surface area contributed by atoms with E-state index < -0.39 is 21.9 Å². The number of ketones is 1. The zero-order chi connectivity index (χ0) is 26.8. The van der Waals surface area contributed by atoms with Gasteiger partial charge in [-0.1, -0.05) is 55.2 Å². The summed E-state index contributed by atoms with van der Waals surface area (Å²) in [5.41, 5.74) is 2.82. The number of Topliss-reactive ketones (excluding diaryl/α,β-unsaturated/α-hetero) is 1. The fourth-order valence-corrected chi connectivity index (χ4v) is 5.34. The van der Waals surface area contributed by atoms with Crippen LogP contribution in [0.5, 0.6) is 5.75 Å². The molecule has 7 nitrogen and oxygen atoms in total. The number of nitrogens with one attached hydrogen (secondary N) is 1. The number of hydrogen-bond donors (Lipinski definition) is 2. The van der Waals surface area contributed by atoms with Gasteiger partial charge in [-0.15, -0.1) is 0 Å². The summed E-state index contributed by atoms with van der Waals surface area (Å²) in [6.07, 6.45) is 8.23. The molecule has 198 valence electrons. The van der Waals surface area contributed by atoms with Gasteiger partial charge in [0.05, 0.1) is 17.9 Å². The molecule has 0 spiro atoms. The Kier molecular flexibility index (Phi) is 10.1. The molecule has 0 heterocycles. The standard InChI is InChI=1S/C29H35NO6S/c1-21-9-16-27(17-10-21)37(34,35)30-25-13-18-28(31)24(20-25)19-23(29(32)33)8-6-4-3-5-7-22-11-14-26(36-2)15-12-22/h9-17,20,23,30H,3-8,18-19H2,1-2H3,(H,32,33). The van der Waals surface area contributed by atoms with Crippen LogP contribution < -0.4 is 9.46 Å². The lowest BCUT2D eigenvalue weighted by Gasteiger charge is -2.18. The number of hydrogen-bond acceptors (Lipinski definition) is 5. The molecule has 2 aromatic carbocycles. The van der Waals surface area contributed by atoms with Crippen LogP contribution in [0.2, 0.25) is 0 Å². The first kappa shape index (κ1) is 28.2. The number of benzene rings is 2. The zero-order valence-corrected chi connectivity index (χ0v) is 22.2. The van der Waals surface area contributed by atoms with E-state index in [1.807, 2.05) is 19.1 Å². The van der Waals surface area contributed by atoms with Crippen LogP contribution in [0, 0.1) is 12.8 Å². The molecule has 1 aliphatic rings. The second kappa shape index (κ2) is 13.2. The third-order valence-electron chi connectivity index (χ3n) is 6.52. The van der Waals surface area contributed by atoms with Crippen molar-refractivity contribution in [2.24, 2.45) is 5.92 Å². The van der Waals surface area contributed by atoms with E-state index in [2.05, 4.69) is 16.9 Å². The van der Waals surface area contributed by atoms with Crippen molar-refractivity contribution >= 4 is 21.8 Å². The van der Waals surface area contributed by atoms with Gasteiger partial charge in [0.15, 0.2) is 5.78 Å². The lowest BCUT2D eigenvalue weighted by molar-refractivity contribution is -0.142. The van der Waals surface area contributed by atoms with E-state index >= 15 is 0 Å². The van der Waals surface area contributed by atoms with Crippen LogP contribution in [0.15, 0.2) is 76.8 Å². The molecule has 1 aliphatic carbocycles. The summed E-state index contributed by atoms with van der Waals surface area (Å²) in [4.78, 5) is 24.5. The average Bonchev–Trinajstić information content (AvgIpc) is 2.87. The molecule has 0 aliphatic heterocycles. The number of carboxylic acids is 1. The van der Waals surface area contributed by atoms with Crippen molar-refractivity contribution in [2.45, 2.75) is 63.2 Å². The van der Waals surface area contributed by atoms with Gasteiger partial charge < -0.3 is 9.84 Å². The lowest BCUT2D eigenvalue weighted by atomic mass is 9.89. The van der Waals surface area contributed by atoms with E-state index in [-0.39, 0.29) is 29.2 Å². The number of carboxylic acid groups (broad SMARTS) is 1. The molecule has 1 atom stereocenters. The Morgan fingerprint density at radius 3 is 2.35 bits per heavy atom. The van der Waals surface area contributed by atoms with E-state index in [4.69, 9.17) is 4.74 Å². The Bertz CT molecular complexity index is 1240. The van der Waals surface area contributed by atoms with Crippen LogP contribution in [0.1, 0.15) is 56.1 Å². The van der Waals surface area contributed by atoms with Crippen LogP contribution in [-0.4, -0.2) is 32.4 Å². The largest absolute Gasteiger partial charge is 0.497 e. The second-order valence-electron chi connectivity index (χ2n) is 9.42. The number of aryl methyl sites for hydroxylation is 2. The predicted molar refractivity (Wildman–Crippen MR) is 143 cm³/mol. The van der Waals surface area contributed by atoms with Gasteiger partial charge in [0.2, 0.25) is 0 Å². The monoisotopic (exact) mass is 525 g/mol. The number of ether oxygens (including phenoxy) is 1. The van der Waals surface area contributed by atoms with Gasteiger partial charge in [-0.3, -0.25) is 14.3 Å². The molecule has 0 radical (unpaired) electrons. The minimum absolute atomic E-state index is 0.0370. The van der Waals surface area contributed by atoms with Crippen molar-refractivity contribution in [3.8, 4) is 5.75 Å². The molecule has 8 heteroatoms. The molecule has 3 rings (SSSR count). The molecular formula is C29H35NO6S. The van der Waals surface area contributed by atoms with Crippen molar-refractivity contribution in [2.75, 3.05) is 7.11 Å². The van der Waals surface area contributed by atoms with E-state index in [0.29, 0.717) is 12.0 Å². The number of rotatable bonds is 14. The summed E-state index contributed by atoms with van der Waals surface area (Å²) in [6, 6.07) is 14.5. The quantitative estimate of drug-likeness (QED) is 0.322. The number of sulfonamides is 1. The molecular weight excluding hydrogens is 490 g/mol. The number of aliphatic carboxylic acids is 1. The number of carbonyl (C=O) groups is 2. The predicted octanol–water partition coefficient (Wildman–Crippen LogP) is 5.35. The Hall–Kier alpha value is -3.39. The summed E-state index contributed by atoms with van der Waals surface area (Å²) in [5, 5.41) is 9.73. The van der Waals surface area contributed by atoms with E-state index in [1.54, 1.807) is 19.2 Å². The summed E-state index contributed by atoms with van der Waals surface area (Å²) >= 11 is 0. The third-order valence-corrected chi connectivity index (χ3v) is 7.92. The van der Waals surface area contributed by atoms with Crippen molar-refractivity contribution in [1.82, 2.24) is 4.72 Å². The minimum Gasteiger partial charge on any atom is -0.497 e. The van der Waals surface area contributed by atoms with E-state index in [1.165, 1.54) is 29.8 Å². The minimum atomic E-state index is -3.81. The molecule has 37 heavy (non-hydrogen) atoms. The highest BCUT2D eigenvalue weighted by molar-refractivity contribution is 7.89. The normalized spacial score (nSPS) is 14.5. The van der Waals surface area contributed by atoms with Crippen molar-refractivity contribution in [3.63, 3.8) is 0 Å². The van der Waals surface area contributed by atoms with Gasteiger partial charge in [0.1, 0.15) is 5.75 Å². The number of unbranched alkanes of at least 4 members (excludes halogenated alkanes) is 3. The Morgan fingerprint density at radius 1 is 1.03 bits per heavy atom. The maximum absolute atomic E-state index is 12.7. The van der Waals surface area contributed by atoms with Crippen molar-refractivity contribution < 1.29 is 27.9 Å². The van der Waals surface area contributed by atoms with Crippen LogP contribution >= 0.6 is 0 Å². The highest BCUT2D eigenvalue weighted by Crippen LogP contribution is 2.25. The Morgan fingerprint density at radius 2 is 1.70 bits per heavy atom. The molecule has 2 N–H and O–H groups in total. The summed E-state index contributed by atoms with van der Waals surface area (Å²) in [7, 11) is -2.16.